The molecule has 1 aromatic rings. The second-order valence-corrected chi connectivity index (χ2v) is 2.01. The van der Waals surface area contributed by atoms with Gasteiger partial charge in [0.1, 0.15) is 0 Å². The standard InChI is InChI=1S/C7H8ClNO.ClH/c8-9-10-6-7-4-2-1-3-5-7;/h1-5,9H,6H2;1H. The Morgan fingerprint density at radius 3 is 2.45 bits per heavy atom. The van der Waals surface area contributed by atoms with Crippen LogP contribution in [0, 0.1) is 0 Å². The van der Waals surface area contributed by atoms with Crippen molar-refractivity contribution in [3.63, 3.8) is 0 Å². The third-order valence-electron chi connectivity index (χ3n) is 1.14. The maximum Gasteiger partial charge on any atom is 0.0948 e. The molecule has 0 bridgehead atoms. The lowest BCUT2D eigenvalue weighted by Crippen LogP contribution is -1.99. The van der Waals surface area contributed by atoms with Crippen LogP contribution in [-0.2, 0) is 11.4 Å². The average Bonchev–Trinajstić information content (AvgIpc) is 2.03. The average molecular weight is 194 g/mol. The molecule has 1 rings (SSSR count). The summed E-state index contributed by atoms with van der Waals surface area (Å²) in [7, 11) is 0. The van der Waals surface area contributed by atoms with Crippen molar-refractivity contribution < 1.29 is 4.84 Å². The molecule has 4 heteroatoms. The van der Waals surface area contributed by atoms with Crippen LogP contribution in [-0.4, -0.2) is 0 Å². The van der Waals surface area contributed by atoms with Crippen LogP contribution in [0.5, 0.6) is 0 Å². The summed E-state index contributed by atoms with van der Waals surface area (Å²) in [6, 6.07) is 9.79. The van der Waals surface area contributed by atoms with Gasteiger partial charge in [-0.15, -0.1) is 17.4 Å². The molecular formula is C7H9Cl2NO. The van der Waals surface area contributed by atoms with Crippen molar-refractivity contribution in [3.05, 3.63) is 35.9 Å². The highest BCUT2D eigenvalue weighted by Crippen LogP contribution is 1.98. The third kappa shape index (κ3) is 4.22. The van der Waals surface area contributed by atoms with E-state index in [1.165, 1.54) is 0 Å². The smallest absolute Gasteiger partial charge is 0.0948 e. The molecule has 0 fully saturated rings. The van der Waals surface area contributed by atoms with Gasteiger partial charge in [0.05, 0.1) is 6.61 Å². The third-order valence-corrected chi connectivity index (χ3v) is 1.25. The molecule has 0 saturated heterocycles. The molecule has 0 spiro atoms. The lowest BCUT2D eigenvalue weighted by molar-refractivity contribution is 0.0817. The molecule has 0 amide bonds. The molecule has 0 aliphatic heterocycles. The van der Waals surface area contributed by atoms with Gasteiger partial charge in [-0.1, -0.05) is 30.3 Å². The van der Waals surface area contributed by atoms with E-state index in [-0.39, 0.29) is 12.4 Å². The van der Waals surface area contributed by atoms with Crippen molar-refractivity contribution in [2.75, 3.05) is 0 Å². The Morgan fingerprint density at radius 2 is 1.91 bits per heavy atom. The van der Waals surface area contributed by atoms with E-state index < -0.39 is 0 Å². The summed E-state index contributed by atoms with van der Waals surface area (Å²) in [5, 5.41) is 0. The van der Waals surface area contributed by atoms with Crippen LogP contribution >= 0.6 is 24.2 Å². The number of rotatable bonds is 3. The van der Waals surface area contributed by atoms with E-state index in [0.717, 1.165) is 5.56 Å². The van der Waals surface area contributed by atoms with Crippen molar-refractivity contribution >= 4 is 24.2 Å². The quantitative estimate of drug-likeness (QED) is 0.588. The zero-order valence-corrected chi connectivity index (χ0v) is 7.36. The summed E-state index contributed by atoms with van der Waals surface area (Å²) in [5.74, 6) is 0. The van der Waals surface area contributed by atoms with Gasteiger partial charge in [0.25, 0.3) is 0 Å². The van der Waals surface area contributed by atoms with E-state index in [9.17, 15) is 0 Å². The summed E-state index contributed by atoms with van der Waals surface area (Å²) in [5.41, 5.74) is 1.09. The Kier molecular flexibility index (Phi) is 6.27. The fourth-order valence-corrected chi connectivity index (χ4v) is 0.739. The fourth-order valence-electron chi connectivity index (χ4n) is 0.685. The summed E-state index contributed by atoms with van der Waals surface area (Å²) in [6.45, 7) is 0.490. The minimum absolute atomic E-state index is 0. The van der Waals surface area contributed by atoms with E-state index >= 15 is 0 Å². The minimum atomic E-state index is 0. The van der Waals surface area contributed by atoms with Crippen molar-refractivity contribution in [3.8, 4) is 0 Å². The van der Waals surface area contributed by atoms with Gasteiger partial charge in [0.15, 0.2) is 0 Å². The van der Waals surface area contributed by atoms with E-state index in [4.69, 9.17) is 16.6 Å². The van der Waals surface area contributed by atoms with Gasteiger partial charge in [-0.3, -0.25) is 4.84 Å². The van der Waals surface area contributed by atoms with Crippen LogP contribution < -0.4 is 5.00 Å². The van der Waals surface area contributed by atoms with Crippen LogP contribution in [0.4, 0.5) is 0 Å². The molecule has 62 valence electrons. The Labute approximate surface area is 77.0 Å². The molecule has 1 aromatic carbocycles. The molecule has 2 nitrogen and oxygen atoms in total. The molecule has 0 aromatic heterocycles. The lowest BCUT2D eigenvalue weighted by Gasteiger charge is -1.97. The molecule has 0 aliphatic carbocycles. The van der Waals surface area contributed by atoms with E-state index in [1.807, 2.05) is 30.3 Å². The Hall–Kier alpha value is -0.280. The van der Waals surface area contributed by atoms with Gasteiger partial charge in [-0.25, -0.2) is 0 Å². The molecule has 0 saturated carbocycles. The van der Waals surface area contributed by atoms with Crippen molar-refractivity contribution in [2.45, 2.75) is 6.61 Å². The van der Waals surface area contributed by atoms with E-state index in [2.05, 4.69) is 5.00 Å². The highest BCUT2D eigenvalue weighted by atomic mass is 35.5. The molecule has 1 N–H and O–H groups in total. The predicted octanol–water partition coefficient (Wildman–Crippen LogP) is 2.28. The first-order valence-corrected chi connectivity index (χ1v) is 3.32. The highest BCUT2D eigenvalue weighted by Gasteiger charge is 1.87. The van der Waals surface area contributed by atoms with Crippen molar-refractivity contribution in [2.24, 2.45) is 0 Å². The molecule has 11 heavy (non-hydrogen) atoms. The van der Waals surface area contributed by atoms with Crippen LogP contribution in [0.2, 0.25) is 0 Å². The van der Waals surface area contributed by atoms with Crippen LogP contribution in [0.15, 0.2) is 30.3 Å². The normalized spacial score (nSPS) is 8.82. The van der Waals surface area contributed by atoms with Crippen molar-refractivity contribution in [1.82, 2.24) is 5.00 Å². The Balaban J connectivity index is 0.000001000. The Bertz CT molecular complexity index is 181. The first kappa shape index (κ1) is 10.7. The summed E-state index contributed by atoms with van der Waals surface area (Å²) < 4.78 is 0. The topological polar surface area (TPSA) is 21.3 Å². The zero-order valence-electron chi connectivity index (χ0n) is 5.79. The number of hydrogen-bond donors (Lipinski definition) is 1. The number of nitrogens with one attached hydrogen (secondary N) is 1. The largest absolute Gasteiger partial charge is 0.282 e. The first-order valence-electron chi connectivity index (χ1n) is 2.95. The number of halogens is 2. The van der Waals surface area contributed by atoms with Gasteiger partial charge in [-0.2, -0.15) is 0 Å². The van der Waals surface area contributed by atoms with Crippen molar-refractivity contribution in [1.29, 1.82) is 0 Å². The van der Waals surface area contributed by atoms with Gasteiger partial charge in [-0.05, 0) is 5.56 Å². The highest BCUT2D eigenvalue weighted by molar-refractivity contribution is 6.12. The fraction of sp³-hybridized carbons (Fsp3) is 0.143. The van der Waals surface area contributed by atoms with Crippen LogP contribution in [0.3, 0.4) is 0 Å². The molecule has 0 aliphatic rings. The van der Waals surface area contributed by atoms with Gasteiger partial charge in [0, 0.05) is 11.8 Å². The molecule has 0 unspecified atom stereocenters. The summed E-state index contributed by atoms with van der Waals surface area (Å²) in [6.07, 6.45) is 0. The monoisotopic (exact) mass is 193 g/mol. The molecular weight excluding hydrogens is 185 g/mol. The maximum absolute atomic E-state index is 5.08. The van der Waals surface area contributed by atoms with E-state index in [1.54, 1.807) is 0 Å². The summed E-state index contributed by atoms with van der Waals surface area (Å²) >= 11 is 5.08. The second kappa shape index (κ2) is 6.43. The SMILES string of the molecule is Cl.ClNOCc1ccccc1. The number of benzene rings is 1. The second-order valence-electron chi connectivity index (χ2n) is 1.85. The maximum atomic E-state index is 5.08. The molecule has 0 atom stereocenters. The predicted molar refractivity (Wildman–Crippen MR) is 47.5 cm³/mol. The van der Waals surface area contributed by atoms with Gasteiger partial charge < -0.3 is 0 Å². The first-order chi connectivity index (χ1) is 4.93. The summed E-state index contributed by atoms with van der Waals surface area (Å²) in [4.78, 5) is 6.82. The molecule has 0 radical (unpaired) electrons. The lowest BCUT2D eigenvalue weighted by atomic mass is 10.2. The van der Waals surface area contributed by atoms with Gasteiger partial charge >= 0.3 is 0 Å². The van der Waals surface area contributed by atoms with Crippen LogP contribution in [0.25, 0.3) is 0 Å². The van der Waals surface area contributed by atoms with Gasteiger partial charge in [0.2, 0.25) is 0 Å². The zero-order chi connectivity index (χ0) is 7.23. The van der Waals surface area contributed by atoms with E-state index in [0.29, 0.717) is 6.61 Å². The van der Waals surface area contributed by atoms with Crippen LogP contribution in [0.1, 0.15) is 5.56 Å². The minimum Gasteiger partial charge on any atom is -0.282 e. The molecule has 0 heterocycles. The Morgan fingerprint density at radius 1 is 1.27 bits per heavy atom. The number of hydrogen-bond acceptors (Lipinski definition) is 2.